The predicted molar refractivity (Wildman–Crippen MR) is 107 cm³/mol. The van der Waals surface area contributed by atoms with Crippen LogP contribution in [0.1, 0.15) is 27.2 Å². The normalized spacial score (nSPS) is 11.9. The van der Waals surface area contributed by atoms with Crippen LogP contribution in [0.3, 0.4) is 0 Å². The molecule has 0 saturated carbocycles. The monoisotopic (exact) mass is 375 g/mol. The highest BCUT2D eigenvalue weighted by Gasteiger charge is 2.14. The number of aromatic nitrogens is 1. The third-order valence-corrected chi connectivity index (χ3v) is 4.55. The Bertz CT molecular complexity index is 1030. The molecule has 4 rings (SSSR count). The number of ether oxygens (including phenoxy) is 2. The number of hydrogen-bond acceptors (Lipinski definition) is 5. The average molecular weight is 375 g/mol. The number of hydrogen-bond donors (Lipinski definition) is 2. The molecule has 142 valence electrons. The Hall–Kier alpha value is -3.54. The summed E-state index contributed by atoms with van der Waals surface area (Å²) in [6, 6.07) is 15.4. The quantitative estimate of drug-likeness (QED) is 0.702. The van der Waals surface area contributed by atoms with Gasteiger partial charge in [0.15, 0.2) is 11.5 Å². The number of carbonyl (C=O) groups is 1. The molecule has 1 aliphatic heterocycles. The highest BCUT2D eigenvalue weighted by Crippen LogP contribution is 2.32. The topological polar surface area (TPSA) is 72.5 Å². The first kappa shape index (κ1) is 17.9. The molecule has 0 spiro atoms. The summed E-state index contributed by atoms with van der Waals surface area (Å²) in [7, 11) is 0. The van der Waals surface area contributed by atoms with Crippen molar-refractivity contribution in [3.63, 3.8) is 0 Å². The maximum atomic E-state index is 12.5. The molecule has 0 fully saturated rings. The lowest BCUT2D eigenvalue weighted by molar-refractivity contribution is 0.0946. The molecule has 0 radical (unpaired) electrons. The lowest BCUT2D eigenvalue weighted by Crippen LogP contribution is -2.23. The van der Waals surface area contributed by atoms with Gasteiger partial charge in [0.05, 0.1) is 0 Å². The molecule has 0 unspecified atom stereocenters. The molecular formula is C22H21N3O3. The summed E-state index contributed by atoms with van der Waals surface area (Å²) in [6.45, 7) is 4.70. The van der Waals surface area contributed by atoms with Crippen LogP contribution in [-0.2, 0) is 6.54 Å². The molecule has 0 bridgehead atoms. The summed E-state index contributed by atoms with van der Waals surface area (Å²) in [5.74, 6) is 1.19. The Morgan fingerprint density at radius 1 is 1.04 bits per heavy atom. The van der Waals surface area contributed by atoms with Crippen molar-refractivity contribution in [3.8, 4) is 11.5 Å². The van der Waals surface area contributed by atoms with Crippen LogP contribution in [0.25, 0.3) is 0 Å². The van der Waals surface area contributed by atoms with Gasteiger partial charge in [0.1, 0.15) is 5.69 Å². The Labute approximate surface area is 163 Å². The molecule has 3 aromatic rings. The fraction of sp³-hybridized carbons (Fsp3) is 0.182. The number of amides is 1. The second kappa shape index (κ2) is 7.60. The van der Waals surface area contributed by atoms with E-state index in [0.29, 0.717) is 18.0 Å². The maximum absolute atomic E-state index is 12.5. The number of rotatable bonds is 5. The summed E-state index contributed by atoms with van der Waals surface area (Å²) in [5, 5.41) is 6.25. The fourth-order valence-corrected chi connectivity index (χ4v) is 2.98. The van der Waals surface area contributed by atoms with Gasteiger partial charge in [-0.1, -0.05) is 18.2 Å². The maximum Gasteiger partial charge on any atom is 0.270 e. The number of pyridine rings is 1. The molecule has 2 N–H and O–H groups in total. The third kappa shape index (κ3) is 3.91. The van der Waals surface area contributed by atoms with Crippen LogP contribution in [0.4, 0.5) is 11.4 Å². The van der Waals surface area contributed by atoms with Gasteiger partial charge in [-0.25, -0.2) is 0 Å². The smallest absolute Gasteiger partial charge is 0.270 e. The van der Waals surface area contributed by atoms with Crippen LogP contribution in [0.5, 0.6) is 11.5 Å². The molecule has 0 saturated heterocycles. The largest absolute Gasteiger partial charge is 0.454 e. The average Bonchev–Trinajstić information content (AvgIpc) is 3.17. The van der Waals surface area contributed by atoms with E-state index >= 15 is 0 Å². The molecule has 0 aliphatic carbocycles. The van der Waals surface area contributed by atoms with Crippen LogP contribution >= 0.6 is 0 Å². The Morgan fingerprint density at radius 2 is 1.89 bits per heavy atom. The van der Waals surface area contributed by atoms with Crippen molar-refractivity contribution >= 4 is 17.3 Å². The van der Waals surface area contributed by atoms with Crippen molar-refractivity contribution in [2.45, 2.75) is 20.4 Å². The van der Waals surface area contributed by atoms with Crippen LogP contribution < -0.4 is 20.1 Å². The van der Waals surface area contributed by atoms with Crippen LogP contribution in [0.15, 0.2) is 54.7 Å². The van der Waals surface area contributed by atoms with E-state index in [4.69, 9.17) is 9.47 Å². The molecule has 0 atom stereocenters. The minimum atomic E-state index is -0.234. The summed E-state index contributed by atoms with van der Waals surface area (Å²) >= 11 is 0. The number of anilines is 2. The van der Waals surface area contributed by atoms with E-state index in [-0.39, 0.29) is 12.7 Å². The predicted octanol–water partition coefficient (Wildman–Crippen LogP) is 4.10. The zero-order chi connectivity index (χ0) is 19.5. The van der Waals surface area contributed by atoms with E-state index in [2.05, 4.69) is 33.8 Å². The van der Waals surface area contributed by atoms with Crippen molar-refractivity contribution in [1.29, 1.82) is 0 Å². The molecule has 1 amide bonds. The van der Waals surface area contributed by atoms with Gasteiger partial charge in [0.25, 0.3) is 5.91 Å². The SMILES string of the molecule is Cc1ccc(C)c(Nc2ccnc(C(=O)NCc3ccc4c(c3)OCO4)c2)c1. The Morgan fingerprint density at radius 3 is 2.79 bits per heavy atom. The first-order chi connectivity index (χ1) is 13.6. The minimum Gasteiger partial charge on any atom is -0.454 e. The van der Waals surface area contributed by atoms with E-state index in [1.54, 1.807) is 12.3 Å². The van der Waals surface area contributed by atoms with E-state index in [0.717, 1.165) is 28.3 Å². The van der Waals surface area contributed by atoms with Crippen molar-refractivity contribution in [1.82, 2.24) is 10.3 Å². The second-order valence-electron chi connectivity index (χ2n) is 6.74. The highest BCUT2D eigenvalue weighted by atomic mass is 16.7. The van der Waals surface area contributed by atoms with Gasteiger partial charge in [0.2, 0.25) is 6.79 Å². The molecule has 2 heterocycles. The van der Waals surface area contributed by atoms with Gasteiger partial charge in [-0.3, -0.25) is 9.78 Å². The van der Waals surface area contributed by atoms with E-state index < -0.39 is 0 Å². The van der Waals surface area contributed by atoms with Crippen LogP contribution in [0.2, 0.25) is 0 Å². The molecular weight excluding hydrogens is 354 g/mol. The Balaban J connectivity index is 1.43. The molecule has 1 aromatic heterocycles. The number of carbonyl (C=O) groups excluding carboxylic acids is 1. The zero-order valence-corrected chi connectivity index (χ0v) is 15.8. The number of fused-ring (bicyclic) bond motifs is 1. The summed E-state index contributed by atoms with van der Waals surface area (Å²) in [6.07, 6.45) is 1.63. The van der Waals surface area contributed by atoms with Crippen LogP contribution in [0, 0.1) is 13.8 Å². The summed E-state index contributed by atoms with van der Waals surface area (Å²) in [4.78, 5) is 16.7. The van der Waals surface area contributed by atoms with Crippen molar-refractivity contribution in [3.05, 3.63) is 77.1 Å². The van der Waals surface area contributed by atoms with Gasteiger partial charge in [-0.05, 0) is 60.9 Å². The van der Waals surface area contributed by atoms with Crippen molar-refractivity contribution < 1.29 is 14.3 Å². The van der Waals surface area contributed by atoms with E-state index in [1.165, 1.54) is 5.56 Å². The Kier molecular flexibility index (Phi) is 4.85. The van der Waals surface area contributed by atoms with E-state index in [1.807, 2.05) is 38.1 Å². The first-order valence-corrected chi connectivity index (χ1v) is 9.05. The van der Waals surface area contributed by atoms with Crippen molar-refractivity contribution in [2.24, 2.45) is 0 Å². The summed E-state index contributed by atoms with van der Waals surface area (Å²) in [5.41, 5.74) is 5.42. The molecule has 28 heavy (non-hydrogen) atoms. The van der Waals surface area contributed by atoms with Crippen LogP contribution in [-0.4, -0.2) is 17.7 Å². The second-order valence-corrected chi connectivity index (χ2v) is 6.74. The standard InChI is InChI=1S/C22H21N3O3/c1-14-3-4-15(2)18(9-14)25-17-7-8-23-19(11-17)22(26)24-12-16-5-6-20-21(10-16)28-13-27-20/h3-11H,12-13H2,1-2H3,(H,23,25)(H,24,26). The van der Waals surface area contributed by atoms with Gasteiger partial charge >= 0.3 is 0 Å². The molecule has 2 aromatic carbocycles. The number of aryl methyl sites for hydroxylation is 2. The van der Waals surface area contributed by atoms with Gasteiger partial charge in [-0.2, -0.15) is 0 Å². The van der Waals surface area contributed by atoms with Gasteiger partial charge in [0, 0.05) is 24.1 Å². The van der Waals surface area contributed by atoms with Gasteiger partial charge < -0.3 is 20.1 Å². The van der Waals surface area contributed by atoms with E-state index in [9.17, 15) is 4.79 Å². The molecule has 6 nitrogen and oxygen atoms in total. The number of nitrogens with one attached hydrogen (secondary N) is 2. The highest BCUT2D eigenvalue weighted by molar-refractivity contribution is 5.93. The number of nitrogens with zero attached hydrogens (tertiary/aromatic N) is 1. The lowest BCUT2D eigenvalue weighted by Gasteiger charge is -2.11. The molecule has 1 aliphatic rings. The number of benzene rings is 2. The molecule has 6 heteroatoms. The summed E-state index contributed by atoms with van der Waals surface area (Å²) < 4.78 is 10.7. The fourth-order valence-electron chi connectivity index (χ4n) is 2.98. The third-order valence-electron chi connectivity index (χ3n) is 4.55. The van der Waals surface area contributed by atoms with Gasteiger partial charge in [-0.15, -0.1) is 0 Å². The zero-order valence-electron chi connectivity index (χ0n) is 15.8. The minimum absolute atomic E-state index is 0.231. The van der Waals surface area contributed by atoms with Crippen molar-refractivity contribution in [2.75, 3.05) is 12.1 Å². The lowest BCUT2D eigenvalue weighted by atomic mass is 10.1. The first-order valence-electron chi connectivity index (χ1n) is 9.05.